The Hall–Kier alpha value is -1.41. The average molecular weight is 260 g/mol. The van der Waals surface area contributed by atoms with Crippen molar-refractivity contribution in [2.24, 2.45) is 5.73 Å². The summed E-state index contributed by atoms with van der Waals surface area (Å²) in [5.41, 5.74) is 5.87. The van der Waals surface area contributed by atoms with Crippen LogP contribution in [-0.4, -0.2) is 37.8 Å². The SMILES string of the molecule is COc1cc(C)nc(NS(=O)(=O)CCCN)n1. The highest BCUT2D eigenvalue weighted by Gasteiger charge is 2.12. The molecule has 1 aromatic rings. The lowest BCUT2D eigenvalue weighted by molar-refractivity contribution is 0.397. The minimum absolute atomic E-state index is 0.0128. The molecule has 0 spiro atoms. The summed E-state index contributed by atoms with van der Waals surface area (Å²) < 4.78 is 30.4. The van der Waals surface area contributed by atoms with Gasteiger partial charge >= 0.3 is 0 Å². The van der Waals surface area contributed by atoms with Crippen LogP contribution in [0.5, 0.6) is 5.88 Å². The van der Waals surface area contributed by atoms with Crippen molar-refractivity contribution in [2.45, 2.75) is 13.3 Å². The summed E-state index contributed by atoms with van der Waals surface area (Å²) in [6.07, 6.45) is 0.387. The summed E-state index contributed by atoms with van der Waals surface area (Å²) in [6.45, 7) is 2.04. The quantitative estimate of drug-likeness (QED) is 0.738. The molecule has 0 bridgehead atoms. The molecule has 8 heteroatoms. The normalized spacial score (nSPS) is 11.2. The van der Waals surface area contributed by atoms with E-state index < -0.39 is 10.0 Å². The van der Waals surface area contributed by atoms with E-state index in [-0.39, 0.29) is 11.7 Å². The lowest BCUT2D eigenvalue weighted by Gasteiger charge is -2.07. The van der Waals surface area contributed by atoms with Crippen LogP contribution in [0.3, 0.4) is 0 Å². The maximum atomic E-state index is 11.6. The Morgan fingerprint density at radius 3 is 2.76 bits per heavy atom. The zero-order valence-corrected chi connectivity index (χ0v) is 10.6. The highest BCUT2D eigenvalue weighted by molar-refractivity contribution is 7.92. The fourth-order valence-electron chi connectivity index (χ4n) is 1.15. The Kier molecular flexibility index (Phi) is 4.64. The number of nitrogens with two attached hydrogens (primary N) is 1. The minimum atomic E-state index is -3.45. The fourth-order valence-corrected chi connectivity index (χ4v) is 2.17. The Morgan fingerprint density at radius 1 is 1.47 bits per heavy atom. The average Bonchev–Trinajstić information content (AvgIpc) is 2.25. The molecule has 0 atom stereocenters. The summed E-state index contributed by atoms with van der Waals surface area (Å²) in [7, 11) is -2.00. The Balaban J connectivity index is 2.84. The van der Waals surface area contributed by atoms with Crippen LogP contribution in [0.25, 0.3) is 0 Å². The van der Waals surface area contributed by atoms with E-state index in [2.05, 4.69) is 14.7 Å². The van der Waals surface area contributed by atoms with Crippen molar-refractivity contribution in [3.05, 3.63) is 11.8 Å². The summed E-state index contributed by atoms with van der Waals surface area (Å²) in [4.78, 5) is 7.85. The van der Waals surface area contributed by atoms with Crippen molar-refractivity contribution in [1.29, 1.82) is 0 Å². The Labute approximate surface area is 100 Å². The maximum Gasteiger partial charge on any atom is 0.240 e. The van der Waals surface area contributed by atoms with E-state index in [0.717, 1.165) is 0 Å². The smallest absolute Gasteiger partial charge is 0.240 e. The number of hydrogen-bond donors (Lipinski definition) is 2. The van der Waals surface area contributed by atoms with Gasteiger partial charge in [-0.2, -0.15) is 4.98 Å². The van der Waals surface area contributed by atoms with Crippen LogP contribution in [0.2, 0.25) is 0 Å². The lowest BCUT2D eigenvalue weighted by Crippen LogP contribution is -2.20. The van der Waals surface area contributed by atoms with Crippen molar-refractivity contribution in [3.8, 4) is 5.88 Å². The molecule has 0 saturated heterocycles. The molecule has 0 aliphatic rings. The van der Waals surface area contributed by atoms with Gasteiger partial charge in [0.1, 0.15) is 0 Å². The van der Waals surface area contributed by atoms with Crippen LogP contribution in [0, 0.1) is 6.92 Å². The molecule has 17 heavy (non-hydrogen) atoms. The molecule has 3 N–H and O–H groups in total. The lowest BCUT2D eigenvalue weighted by atomic mass is 10.4. The number of nitrogens with zero attached hydrogens (tertiary/aromatic N) is 2. The first-order valence-electron chi connectivity index (χ1n) is 5.07. The van der Waals surface area contributed by atoms with Crippen LogP contribution in [-0.2, 0) is 10.0 Å². The highest BCUT2D eigenvalue weighted by Crippen LogP contribution is 2.12. The molecule has 7 nitrogen and oxygen atoms in total. The maximum absolute atomic E-state index is 11.6. The van der Waals surface area contributed by atoms with E-state index in [9.17, 15) is 8.42 Å². The minimum Gasteiger partial charge on any atom is -0.481 e. The van der Waals surface area contributed by atoms with Crippen LogP contribution in [0.4, 0.5) is 5.95 Å². The van der Waals surface area contributed by atoms with E-state index in [1.54, 1.807) is 13.0 Å². The molecular formula is C9H16N4O3S. The van der Waals surface area contributed by atoms with Gasteiger partial charge in [-0.1, -0.05) is 0 Å². The van der Waals surface area contributed by atoms with Crippen molar-refractivity contribution in [1.82, 2.24) is 9.97 Å². The number of anilines is 1. The number of methoxy groups -OCH3 is 1. The molecule has 1 heterocycles. The number of nitrogens with one attached hydrogen (secondary N) is 1. The van der Waals surface area contributed by atoms with Gasteiger partial charge < -0.3 is 10.5 Å². The third-order valence-electron chi connectivity index (χ3n) is 1.90. The van der Waals surface area contributed by atoms with Gasteiger partial charge in [0.2, 0.25) is 21.9 Å². The third kappa shape index (κ3) is 4.53. The van der Waals surface area contributed by atoms with Crippen molar-refractivity contribution in [3.63, 3.8) is 0 Å². The molecule has 0 radical (unpaired) electrons. The van der Waals surface area contributed by atoms with Gasteiger partial charge in [-0.3, -0.25) is 4.72 Å². The zero-order valence-electron chi connectivity index (χ0n) is 9.80. The van der Waals surface area contributed by atoms with Gasteiger partial charge in [0.15, 0.2) is 0 Å². The third-order valence-corrected chi connectivity index (χ3v) is 3.22. The molecular weight excluding hydrogens is 244 g/mol. The van der Waals surface area contributed by atoms with Gasteiger partial charge in [0.25, 0.3) is 0 Å². The first kappa shape index (κ1) is 13.7. The molecule has 0 saturated carbocycles. The standard InChI is InChI=1S/C9H16N4O3S/c1-7-6-8(16-2)12-9(11-7)13-17(14,15)5-3-4-10/h6H,3-5,10H2,1-2H3,(H,11,12,13). The Morgan fingerprint density at radius 2 is 2.18 bits per heavy atom. The summed E-state index contributed by atoms with van der Waals surface area (Å²) in [5, 5.41) is 0. The first-order valence-corrected chi connectivity index (χ1v) is 6.72. The largest absolute Gasteiger partial charge is 0.481 e. The molecule has 0 amide bonds. The molecule has 0 unspecified atom stereocenters. The van der Waals surface area contributed by atoms with Gasteiger partial charge in [-0.25, -0.2) is 13.4 Å². The molecule has 1 aromatic heterocycles. The second kappa shape index (κ2) is 5.78. The molecule has 1 rings (SSSR count). The highest BCUT2D eigenvalue weighted by atomic mass is 32.2. The van der Waals surface area contributed by atoms with E-state index in [1.165, 1.54) is 7.11 Å². The number of aryl methyl sites for hydroxylation is 1. The van der Waals surface area contributed by atoms with Crippen LogP contribution >= 0.6 is 0 Å². The molecule has 0 fully saturated rings. The first-order chi connectivity index (χ1) is 7.96. The molecule has 0 aromatic carbocycles. The van der Waals surface area contributed by atoms with Crippen LogP contribution < -0.4 is 15.2 Å². The number of aromatic nitrogens is 2. The monoisotopic (exact) mass is 260 g/mol. The van der Waals surface area contributed by atoms with Crippen molar-refractivity contribution in [2.75, 3.05) is 24.1 Å². The number of rotatable bonds is 6. The second-order valence-electron chi connectivity index (χ2n) is 3.44. The van der Waals surface area contributed by atoms with Crippen LogP contribution in [0.1, 0.15) is 12.1 Å². The van der Waals surface area contributed by atoms with Gasteiger partial charge in [0, 0.05) is 11.8 Å². The van der Waals surface area contributed by atoms with Gasteiger partial charge in [-0.15, -0.1) is 0 Å². The number of hydrogen-bond acceptors (Lipinski definition) is 6. The predicted molar refractivity (Wildman–Crippen MR) is 64.4 cm³/mol. The predicted octanol–water partition coefficient (Wildman–Crippen LogP) is -0.116. The Bertz CT molecular complexity index is 475. The van der Waals surface area contributed by atoms with E-state index >= 15 is 0 Å². The van der Waals surface area contributed by atoms with Crippen molar-refractivity contribution < 1.29 is 13.2 Å². The molecule has 0 aliphatic carbocycles. The summed E-state index contributed by atoms with van der Waals surface area (Å²) >= 11 is 0. The molecule has 0 aliphatic heterocycles. The number of ether oxygens (including phenoxy) is 1. The summed E-state index contributed by atoms with van der Waals surface area (Å²) in [6, 6.07) is 1.61. The van der Waals surface area contributed by atoms with E-state index in [0.29, 0.717) is 24.5 Å². The van der Waals surface area contributed by atoms with Crippen molar-refractivity contribution >= 4 is 16.0 Å². The fraction of sp³-hybridized carbons (Fsp3) is 0.556. The van der Waals surface area contributed by atoms with E-state index in [1.807, 2.05) is 0 Å². The second-order valence-corrected chi connectivity index (χ2v) is 5.28. The molecule has 96 valence electrons. The van der Waals surface area contributed by atoms with Crippen LogP contribution in [0.15, 0.2) is 6.07 Å². The number of sulfonamides is 1. The van der Waals surface area contributed by atoms with E-state index in [4.69, 9.17) is 10.5 Å². The zero-order chi connectivity index (χ0) is 12.9. The topological polar surface area (TPSA) is 107 Å². The van der Waals surface area contributed by atoms with Gasteiger partial charge in [0.05, 0.1) is 12.9 Å². The van der Waals surface area contributed by atoms with Gasteiger partial charge in [-0.05, 0) is 19.9 Å². The summed E-state index contributed by atoms with van der Waals surface area (Å²) in [5.74, 6) is 0.274.